The Bertz CT molecular complexity index is 448. The van der Waals surface area contributed by atoms with Crippen molar-refractivity contribution in [1.29, 1.82) is 0 Å². The third-order valence-electron chi connectivity index (χ3n) is 3.79. The lowest BCUT2D eigenvalue weighted by molar-refractivity contribution is -0.0561. The van der Waals surface area contributed by atoms with E-state index < -0.39 is 0 Å². The van der Waals surface area contributed by atoms with E-state index in [1.54, 1.807) is 6.26 Å². The predicted molar refractivity (Wildman–Crippen MR) is 63.5 cm³/mol. The molecule has 5 nitrogen and oxygen atoms in total. The molecule has 2 aliphatic rings. The van der Waals surface area contributed by atoms with E-state index in [1.165, 1.54) is 0 Å². The van der Waals surface area contributed by atoms with Crippen molar-refractivity contribution in [2.45, 2.75) is 18.9 Å². The SMILES string of the molecule is Cc1ccoc1C(=O)N1CCOCC12CCOC2. The monoisotopic (exact) mass is 251 g/mol. The first-order valence-electron chi connectivity index (χ1n) is 6.24. The van der Waals surface area contributed by atoms with Crippen molar-refractivity contribution in [3.8, 4) is 0 Å². The molecule has 2 fully saturated rings. The molecule has 0 saturated carbocycles. The van der Waals surface area contributed by atoms with E-state index in [0.717, 1.165) is 12.0 Å². The lowest BCUT2D eigenvalue weighted by Crippen LogP contribution is -2.59. The number of rotatable bonds is 1. The van der Waals surface area contributed by atoms with Gasteiger partial charge in [-0.2, -0.15) is 0 Å². The normalized spacial score (nSPS) is 27.9. The van der Waals surface area contributed by atoms with Gasteiger partial charge in [-0.1, -0.05) is 0 Å². The molecule has 3 heterocycles. The van der Waals surface area contributed by atoms with E-state index in [2.05, 4.69) is 0 Å². The number of morpholine rings is 1. The topological polar surface area (TPSA) is 51.9 Å². The maximum absolute atomic E-state index is 12.6. The number of nitrogens with zero attached hydrogens (tertiary/aromatic N) is 1. The van der Waals surface area contributed by atoms with Crippen LogP contribution in [0.4, 0.5) is 0 Å². The molecule has 98 valence electrons. The van der Waals surface area contributed by atoms with Gasteiger partial charge in [0.15, 0.2) is 5.76 Å². The molecule has 0 N–H and O–H groups in total. The summed E-state index contributed by atoms with van der Waals surface area (Å²) in [4.78, 5) is 14.4. The quantitative estimate of drug-likeness (QED) is 0.753. The summed E-state index contributed by atoms with van der Waals surface area (Å²) >= 11 is 0. The van der Waals surface area contributed by atoms with Gasteiger partial charge < -0.3 is 18.8 Å². The van der Waals surface area contributed by atoms with Crippen molar-refractivity contribution in [2.24, 2.45) is 0 Å². The number of carbonyl (C=O) groups excluding carboxylic acids is 1. The van der Waals surface area contributed by atoms with E-state index in [4.69, 9.17) is 13.9 Å². The molecule has 5 heteroatoms. The van der Waals surface area contributed by atoms with Crippen LogP contribution in [0.3, 0.4) is 0 Å². The molecule has 1 amide bonds. The average Bonchev–Trinajstić information content (AvgIpc) is 2.99. The Morgan fingerprint density at radius 3 is 2.78 bits per heavy atom. The van der Waals surface area contributed by atoms with Crippen molar-refractivity contribution >= 4 is 5.91 Å². The highest BCUT2D eigenvalue weighted by molar-refractivity contribution is 5.93. The fourth-order valence-electron chi connectivity index (χ4n) is 2.69. The minimum Gasteiger partial charge on any atom is -0.459 e. The van der Waals surface area contributed by atoms with Crippen molar-refractivity contribution in [2.75, 3.05) is 33.0 Å². The van der Waals surface area contributed by atoms with Gasteiger partial charge in [-0.3, -0.25) is 4.79 Å². The Balaban J connectivity index is 1.89. The fourth-order valence-corrected chi connectivity index (χ4v) is 2.69. The van der Waals surface area contributed by atoms with Crippen LogP contribution >= 0.6 is 0 Å². The van der Waals surface area contributed by atoms with E-state index in [-0.39, 0.29) is 11.4 Å². The van der Waals surface area contributed by atoms with E-state index >= 15 is 0 Å². The predicted octanol–water partition coefficient (Wildman–Crippen LogP) is 1.22. The molecule has 0 aromatic carbocycles. The molecule has 1 aromatic rings. The minimum atomic E-state index is -0.297. The second-order valence-electron chi connectivity index (χ2n) is 4.97. The van der Waals surface area contributed by atoms with Gasteiger partial charge in [0.25, 0.3) is 5.91 Å². The molecule has 1 atom stereocenters. The molecule has 1 spiro atoms. The van der Waals surface area contributed by atoms with Crippen LogP contribution in [0.5, 0.6) is 0 Å². The number of aryl methyl sites for hydroxylation is 1. The Morgan fingerprint density at radius 2 is 2.11 bits per heavy atom. The van der Waals surface area contributed by atoms with Gasteiger partial charge in [-0.25, -0.2) is 0 Å². The number of amides is 1. The highest BCUT2D eigenvalue weighted by Crippen LogP contribution is 2.31. The lowest BCUT2D eigenvalue weighted by atomic mass is 9.95. The van der Waals surface area contributed by atoms with E-state index in [0.29, 0.717) is 38.7 Å². The van der Waals surface area contributed by atoms with Gasteiger partial charge in [-0.05, 0) is 19.4 Å². The lowest BCUT2D eigenvalue weighted by Gasteiger charge is -2.43. The molecule has 3 rings (SSSR count). The van der Waals surface area contributed by atoms with Gasteiger partial charge in [0.05, 0.1) is 31.6 Å². The van der Waals surface area contributed by atoms with Crippen LogP contribution in [0.2, 0.25) is 0 Å². The molecule has 2 aliphatic heterocycles. The number of hydrogen-bond acceptors (Lipinski definition) is 4. The summed E-state index contributed by atoms with van der Waals surface area (Å²) in [6.07, 6.45) is 2.39. The van der Waals surface area contributed by atoms with Gasteiger partial charge in [0.1, 0.15) is 0 Å². The van der Waals surface area contributed by atoms with Crippen LogP contribution in [0.1, 0.15) is 22.5 Å². The van der Waals surface area contributed by atoms with Crippen LogP contribution in [0.15, 0.2) is 16.7 Å². The zero-order valence-corrected chi connectivity index (χ0v) is 10.5. The summed E-state index contributed by atoms with van der Waals surface area (Å²) in [6, 6.07) is 1.81. The molecular formula is C13H17NO4. The second kappa shape index (κ2) is 4.40. The molecule has 18 heavy (non-hydrogen) atoms. The summed E-state index contributed by atoms with van der Waals surface area (Å²) in [6.45, 7) is 4.85. The summed E-state index contributed by atoms with van der Waals surface area (Å²) in [5, 5.41) is 0. The van der Waals surface area contributed by atoms with Crippen molar-refractivity contribution in [3.05, 3.63) is 23.7 Å². The molecule has 1 aromatic heterocycles. The first-order chi connectivity index (χ1) is 8.73. The second-order valence-corrected chi connectivity index (χ2v) is 4.97. The fraction of sp³-hybridized carbons (Fsp3) is 0.615. The van der Waals surface area contributed by atoms with Crippen LogP contribution in [0, 0.1) is 6.92 Å². The zero-order chi connectivity index (χ0) is 12.6. The minimum absolute atomic E-state index is 0.0497. The molecule has 2 saturated heterocycles. The van der Waals surface area contributed by atoms with Crippen LogP contribution in [-0.4, -0.2) is 49.3 Å². The van der Waals surface area contributed by atoms with Crippen molar-refractivity contribution in [3.63, 3.8) is 0 Å². The molecule has 0 bridgehead atoms. The molecule has 1 unspecified atom stereocenters. The van der Waals surface area contributed by atoms with Gasteiger partial charge >= 0.3 is 0 Å². The summed E-state index contributed by atoms with van der Waals surface area (Å²) in [7, 11) is 0. The largest absolute Gasteiger partial charge is 0.459 e. The van der Waals surface area contributed by atoms with Crippen molar-refractivity contribution < 1.29 is 18.7 Å². The Morgan fingerprint density at radius 1 is 1.33 bits per heavy atom. The zero-order valence-electron chi connectivity index (χ0n) is 10.5. The maximum atomic E-state index is 12.6. The number of hydrogen-bond donors (Lipinski definition) is 0. The van der Waals surface area contributed by atoms with Crippen LogP contribution < -0.4 is 0 Å². The van der Waals surface area contributed by atoms with Gasteiger partial charge in [-0.15, -0.1) is 0 Å². The number of furan rings is 1. The third-order valence-corrected chi connectivity index (χ3v) is 3.79. The Hall–Kier alpha value is -1.33. The molecular weight excluding hydrogens is 234 g/mol. The molecule has 0 aliphatic carbocycles. The summed E-state index contributed by atoms with van der Waals surface area (Å²) in [5.41, 5.74) is 0.578. The van der Waals surface area contributed by atoms with Crippen molar-refractivity contribution in [1.82, 2.24) is 4.90 Å². The van der Waals surface area contributed by atoms with Crippen LogP contribution in [0.25, 0.3) is 0 Å². The summed E-state index contributed by atoms with van der Waals surface area (Å²) < 4.78 is 16.3. The molecule has 0 radical (unpaired) electrons. The highest BCUT2D eigenvalue weighted by Gasteiger charge is 2.46. The standard InChI is InChI=1S/C13H17NO4/c1-10-2-5-18-11(10)12(15)14-4-7-17-9-13(14)3-6-16-8-13/h2,5H,3-4,6-9H2,1H3. The first-order valence-corrected chi connectivity index (χ1v) is 6.24. The third kappa shape index (κ3) is 1.74. The number of carbonyl (C=O) groups is 1. The Labute approximate surface area is 106 Å². The van der Waals surface area contributed by atoms with Crippen LogP contribution in [-0.2, 0) is 9.47 Å². The van der Waals surface area contributed by atoms with Gasteiger partial charge in [0.2, 0.25) is 0 Å². The maximum Gasteiger partial charge on any atom is 0.290 e. The van der Waals surface area contributed by atoms with Gasteiger partial charge in [0, 0.05) is 18.7 Å². The first kappa shape index (κ1) is 11.7. The smallest absolute Gasteiger partial charge is 0.290 e. The van der Waals surface area contributed by atoms with E-state index in [1.807, 2.05) is 17.9 Å². The number of ether oxygens (including phenoxy) is 2. The summed E-state index contributed by atoms with van der Waals surface area (Å²) in [5.74, 6) is 0.384. The Kier molecular flexibility index (Phi) is 2.87. The highest BCUT2D eigenvalue weighted by atomic mass is 16.5. The van der Waals surface area contributed by atoms with E-state index in [9.17, 15) is 4.79 Å². The average molecular weight is 251 g/mol.